The van der Waals surface area contributed by atoms with Gasteiger partial charge in [0.05, 0.1) is 18.9 Å². The van der Waals surface area contributed by atoms with Crippen LogP contribution in [0.2, 0.25) is 5.02 Å². The van der Waals surface area contributed by atoms with Gasteiger partial charge >= 0.3 is 0 Å². The van der Waals surface area contributed by atoms with Gasteiger partial charge in [0.2, 0.25) is 6.23 Å². The van der Waals surface area contributed by atoms with Gasteiger partial charge in [-0.2, -0.15) is 5.10 Å². The first-order chi connectivity index (χ1) is 14.1. The molecular weight excluding hydrogens is 384 g/mol. The average molecular weight is 405 g/mol. The first-order valence-electron chi connectivity index (χ1n) is 9.65. The summed E-state index contributed by atoms with van der Waals surface area (Å²) in [6.45, 7) is 2.08. The van der Waals surface area contributed by atoms with E-state index in [1.54, 1.807) is 7.11 Å². The van der Waals surface area contributed by atoms with E-state index < -0.39 is 0 Å². The van der Waals surface area contributed by atoms with Crippen LogP contribution in [0.25, 0.3) is 0 Å². The largest absolute Gasteiger partial charge is 0.497 e. The summed E-state index contributed by atoms with van der Waals surface area (Å²) in [5, 5.41) is 7.77. The van der Waals surface area contributed by atoms with Gasteiger partial charge in [0, 0.05) is 22.6 Å². The SMILES string of the molecule is COc1ccc(C2=NN3[C@@H](c4ccc(C)cc4)Oc4ccc(Cl)cc4[C@@H]3C2)cc1. The summed E-state index contributed by atoms with van der Waals surface area (Å²) in [5.74, 6) is 1.70. The van der Waals surface area contributed by atoms with Crippen molar-refractivity contribution in [2.45, 2.75) is 25.6 Å². The Hall–Kier alpha value is -2.98. The lowest BCUT2D eigenvalue weighted by molar-refractivity contribution is -0.0190. The fraction of sp³-hybridized carbons (Fsp3) is 0.208. The Bertz CT molecular complexity index is 1080. The van der Waals surface area contributed by atoms with Crippen molar-refractivity contribution in [3.63, 3.8) is 0 Å². The normalized spacial score (nSPS) is 19.8. The molecule has 5 rings (SSSR count). The van der Waals surface area contributed by atoms with Crippen molar-refractivity contribution in [3.05, 3.63) is 94.0 Å². The number of benzene rings is 3. The molecule has 0 saturated heterocycles. The van der Waals surface area contributed by atoms with E-state index in [-0.39, 0.29) is 12.3 Å². The second-order valence-electron chi connectivity index (χ2n) is 7.44. The van der Waals surface area contributed by atoms with Gasteiger partial charge in [-0.3, -0.25) is 0 Å². The Morgan fingerprint density at radius 3 is 2.52 bits per heavy atom. The molecule has 0 radical (unpaired) electrons. The quantitative estimate of drug-likeness (QED) is 0.545. The van der Waals surface area contributed by atoms with Crippen LogP contribution >= 0.6 is 11.6 Å². The maximum Gasteiger partial charge on any atom is 0.213 e. The molecule has 0 spiro atoms. The van der Waals surface area contributed by atoms with Gasteiger partial charge in [0.15, 0.2) is 0 Å². The topological polar surface area (TPSA) is 34.1 Å². The Kier molecular flexibility index (Phi) is 4.44. The lowest BCUT2D eigenvalue weighted by Gasteiger charge is -2.38. The van der Waals surface area contributed by atoms with Crippen LogP contribution in [0.4, 0.5) is 0 Å². The molecule has 0 amide bonds. The Morgan fingerprint density at radius 2 is 1.79 bits per heavy atom. The predicted molar refractivity (Wildman–Crippen MR) is 115 cm³/mol. The molecule has 2 heterocycles. The van der Waals surface area contributed by atoms with Gasteiger partial charge in [-0.15, -0.1) is 0 Å². The third-order valence-corrected chi connectivity index (χ3v) is 5.77. The van der Waals surface area contributed by atoms with Crippen LogP contribution in [-0.4, -0.2) is 17.8 Å². The number of halogens is 1. The number of rotatable bonds is 3. The Labute approximate surface area is 175 Å². The third kappa shape index (κ3) is 3.23. The van der Waals surface area contributed by atoms with Gasteiger partial charge in [0.25, 0.3) is 0 Å². The highest BCUT2D eigenvalue weighted by Gasteiger charge is 2.41. The summed E-state index contributed by atoms with van der Waals surface area (Å²) in [7, 11) is 1.67. The van der Waals surface area contributed by atoms with Gasteiger partial charge in [0.1, 0.15) is 11.5 Å². The molecule has 146 valence electrons. The van der Waals surface area contributed by atoms with Crippen molar-refractivity contribution >= 4 is 17.3 Å². The first kappa shape index (κ1) is 18.1. The van der Waals surface area contributed by atoms with Crippen LogP contribution in [0.5, 0.6) is 11.5 Å². The standard InChI is InChI=1S/C24H21ClN2O2/c1-15-3-5-17(6-4-15)24-27-22(20-13-18(25)9-12-23(20)29-24)14-21(26-27)16-7-10-19(28-2)11-8-16/h3-13,22,24H,14H2,1-2H3/t22-,24+/m0/s1. The van der Waals surface area contributed by atoms with Gasteiger partial charge < -0.3 is 9.47 Å². The molecule has 0 aliphatic carbocycles. The fourth-order valence-corrected chi connectivity index (χ4v) is 4.15. The molecule has 5 heteroatoms. The molecule has 0 saturated carbocycles. The minimum absolute atomic E-state index is 0.0841. The van der Waals surface area contributed by atoms with Crippen molar-refractivity contribution in [1.29, 1.82) is 0 Å². The zero-order chi connectivity index (χ0) is 20.0. The van der Waals surface area contributed by atoms with Crippen molar-refractivity contribution in [2.24, 2.45) is 5.10 Å². The van der Waals surface area contributed by atoms with E-state index >= 15 is 0 Å². The summed E-state index contributed by atoms with van der Waals surface area (Å²) < 4.78 is 11.7. The molecule has 0 aromatic heterocycles. The van der Waals surface area contributed by atoms with E-state index in [2.05, 4.69) is 48.3 Å². The molecule has 29 heavy (non-hydrogen) atoms. The molecular formula is C24H21ClN2O2. The number of aryl methyl sites for hydroxylation is 1. The van der Waals surface area contributed by atoms with Crippen molar-refractivity contribution in [3.8, 4) is 11.5 Å². The predicted octanol–water partition coefficient (Wildman–Crippen LogP) is 5.90. The van der Waals surface area contributed by atoms with E-state index in [0.717, 1.165) is 40.3 Å². The van der Waals surface area contributed by atoms with Crippen LogP contribution in [0.1, 0.15) is 40.9 Å². The number of hydrogen-bond donors (Lipinski definition) is 0. The molecule has 2 atom stereocenters. The van der Waals surface area contributed by atoms with Gasteiger partial charge in [-0.05, 0) is 55.0 Å². The lowest BCUT2D eigenvalue weighted by atomic mass is 9.96. The molecule has 0 fully saturated rings. The highest BCUT2D eigenvalue weighted by atomic mass is 35.5. The highest BCUT2D eigenvalue weighted by Crippen LogP contribution is 2.48. The molecule has 0 N–H and O–H groups in total. The molecule has 3 aromatic carbocycles. The first-order valence-corrected chi connectivity index (χ1v) is 10.0. The molecule has 0 bridgehead atoms. The van der Waals surface area contributed by atoms with Crippen LogP contribution in [0.3, 0.4) is 0 Å². The van der Waals surface area contributed by atoms with Crippen molar-refractivity contribution in [2.75, 3.05) is 7.11 Å². The molecule has 4 nitrogen and oxygen atoms in total. The van der Waals surface area contributed by atoms with Crippen LogP contribution in [0, 0.1) is 6.92 Å². The third-order valence-electron chi connectivity index (χ3n) is 5.54. The van der Waals surface area contributed by atoms with E-state index in [1.165, 1.54) is 5.56 Å². The van der Waals surface area contributed by atoms with E-state index in [9.17, 15) is 0 Å². The highest BCUT2D eigenvalue weighted by molar-refractivity contribution is 6.30. The summed E-state index contributed by atoms with van der Waals surface area (Å²) in [4.78, 5) is 0. The molecule has 2 aliphatic rings. The minimum atomic E-state index is -0.273. The van der Waals surface area contributed by atoms with Gasteiger partial charge in [-0.25, -0.2) is 5.01 Å². The van der Waals surface area contributed by atoms with Crippen LogP contribution in [0.15, 0.2) is 71.8 Å². The van der Waals surface area contributed by atoms with Crippen LogP contribution in [-0.2, 0) is 0 Å². The second kappa shape index (κ2) is 7.12. The second-order valence-corrected chi connectivity index (χ2v) is 7.87. The summed E-state index contributed by atoms with van der Waals surface area (Å²) in [6, 6.07) is 22.4. The Balaban J connectivity index is 1.57. The summed E-state index contributed by atoms with van der Waals surface area (Å²) in [5.41, 5.74) is 5.50. The number of nitrogens with zero attached hydrogens (tertiary/aromatic N) is 2. The zero-order valence-electron chi connectivity index (χ0n) is 16.3. The van der Waals surface area contributed by atoms with E-state index in [4.69, 9.17) is 26.2 Å². The summed E-state index contributed by atoms with van der Waals surface area (Å²) >= 11 is 6.30. The molecule has 3 aromatic rings. The number of hydrogen-bond acceptors (Lipinski definition) is 4. The maximum absolute atomic E-state index is 6.39. The molecule has 0 unspecified atom stereocenters. The number of ether oxygens (including phenoxy) is 2. The fourth-order valence-electron chi connectivity index (χ4n) is 3.97. The summed E-state index contributed by atoms with van der Waals surface area (Å²) in [6.07, 6.45) is 0.524. The average Bonchev–Trinajstić information content (AvgIpc) is 3.20. The Morgan fingerprint density at radius 1 is 1.03 bits per heavy atom. The van der Waals surface area contributed by atoms with Gasteiger partial charge in [-0.1, -0.05) is 41.4 Å². The monoisotopic (exact) mass is 404 g/mol. The number of fused-ring (bicyclic) bond motifs is 3. The number of methoxy groups -OCH3 is 1. The van der Waals surface area contributed by atoms with Crippen molar-refractivity contribution in [1.82, 2.24) is 5.01 Å². The van der Waals surface area contributed by atoms with Crippen LogP contribution < -0.4 is 9.47 Å². The lowest BCUT2D eigenvalue weighted by Crippen LogP contribution is -2.33. The smallest absolute Gasteiger partial charge is 0.213 e. The number of hydrazone groups is 1. The van der Waals surface area contributed by atoms with E-state index in [1.807, 2.05) is 30.3 Å². The maximum atomic E-state index is 6.39. The van der Waals surface area contributed by atoms with E-state index in [0.29, 0.717) is 5.02 Å². The minimum Gasteiger partial charge on any atom is -0.497 e. The molecule has 2 aliphatic heterocycles. The zero-order valence-corrected chi connectivity index (χ0v) is 17.1. The van der Waals surface area contributed by atoms with Crippen molar-refractivity contribution < 1.29 is 9.47 Å².